The first-order valence-corrected chi connectivity index (χ1v) is 8.89. The zero-order valence-corrected chi connectivity index (χ0v) is 14.7. The van der Waals surface area contributed by atoms with Gasteiger partial charge in [0.2, 0.25) is 0 Å². The Hall–Kier alpha value is -2.40. The maximum Gasteiger partial charge on any atom is 0.257 e. The Kier molecular flexibility index (Phi) is 5.11. The van der Waals surface area contributed by atoms with Crippen molar-refractivity contribution in [2.24, 2.45) is 0 Å². The number of amides is 1. The molecule has 0 aliphatic heterocycles. The van der Waals surface area contributed by atoms with E-state index in [0.29, 0.717) is 17.3 Å². The average Bonchev–Trinajstić information content (AvgIpc) is 2.99. The van der Waals surface area contributed by atoms with E-state index in [1.807, 2.05) is 37.3 Å². The normalized spacial score (nSPS) is 10.8. The molecule has 3 rings (SSSR count). The van der Waals surface area contributed by atoms with Crippen LogP contribution < -0.4 is 10.1 Å². The number of hydrogen-bond donors (Lipinski definition) is 1. The molecule has 1 N–H and O–H groups in total. The lowest BCUT2D eigenvalue weighted by molar-refractivity contribution is 0.102. The fourth-order valence-electron chi connectivity index (χ4n) is 2.35. The SMILES string of the molecule is CCCCOc1ccc(C(=O)Nc2nc3c(C)cccc3s2)cc1. The molecular formula is C19H20N2O2S. The first kappa shape index (κ1) is 16.5. The summed E-state index contributed by atoms with van der Waals surface area (Å²) in [6, 6.07) is 13.2. The molecule has 0 aliphatic rings. The average molecular weight is 340 g/mol. The second kappa shape index (κ2) is 7.45. The number of benzene rings is 2. The summed E-state index contributed by atoms with van der Waals surface area (Å²) in [6.07, 6.45) is 2.13. The van der Waals surface area contributed by atoms with Crippen LogP contribution in [0.2, 0.25) is 0 Å². The van der Waals surface area contributed by atoms with Gasteiger partial charge < -0.3 is 4.74 Å². The van der Waals surface area contributed by atoms with Gasteiger partial charge in [-0.2, -0.15) is 0 Å². The van der Waals surface area contributed by atoms with Crippen LogP contribution in [-0.4, -0.2) is 17.5 Å². The van der Waals surface area contributed by atoms with E-state index >= 15 is 0 Å². The molecule has 5 heteroatoms. The van der Waals surface area contributed by atoms with Crippen LogP contribution in [0.15, 0.2) is 42.5 Å². The molecule has 0 fully saturated rings. The van der Waals surface area contributed by atoms with Crippen molar-refractivity contribution in [3.63, 3.8) is 0 Å². The monoisotopic (exact) mass is 340 g/mol. The van der Waals surface area contributed by atoms with Crippen LogP contribution in [0.5, 0.6) is 5.75 Å². The number of thiazole rings is 1. The van der Waals surface area contributed by atoms with Crippen LogP contribution in [0.4, 0.5) is 5.13 Å². The highest BCUT2D eigenvalue weighted by molar-refractivity contribution is 7.22. The van der Waals surface area contributed by atoms with Crippen LogP contribution in [0.1, 0.15) is 35.7 Å². The fraction of sp³-hybridized carbons (Fsp3) is 0.263. The van der Waals surface area contributed by atoms with E-state index in [1.54, 1.807) is 12.1 Å². The minimum atomic E-state index is -0.160. The third-order valence-corrected chi connectivity index (χ3v) is 4.66. The topological polar surface area (TPSA) is 51.2 Å². The molecule has 0 aliphatic carbocycles. The van der Waals surface area contributed by atoms with Gasteiger partial charge in [-0.3, -0.25) is 10.1 Å². The lowest BCUT2D eigenvalue weighted by Gasteiger charge is -2.06. The Morgan fingerprint density at radius 3 is 2.71 bits per heavy atom. The van der Waals surface area contributed by atoms with Crippen molar-refractivity contribution >= 4 is 32.6 Å². The number of rotatable bonds is 6. The summed E-state index contributed by atoms with van der Waals surface area (Å²) < 4.78 is 6.68. The van der Waals surface area contributed by atoms with Gasteiger partial charge in [0.05, 0.1) is 16.8 Å². The molecule has 24 heavy (non-hydrogen) atoms. The summed E-state index contributed by atoms with van der Waals surface area (Å²) in [5.41, 5.74) is 2.64. The number of nitrogens with one attached hydrogen (secondary N) is 1. The van der Waals surface area contributed by atoms with Crippen LogP contribution in [0, 0.1) is 6.92 Å². The minimum Gasteiger partial charge on any atom is -0.494 e. The summed E-state index contributed by atoms with van der Waals surface area (Å²) in [4.78, 5) is 16.9. The van der Waals surface area contributed by atoms with Crippen molar-refractivity contribution < 1.29 is 9.53 Å². The number of fused-ring (bicyclic) bond motifs is 1. The molecule has 0 saturated heterocycles. The molecule has 1 heterocycles. The van der Waals surface area contributed by atoms with Crippen molar-refractivity contribution in [1.29, 1.82) is 0 Å². The molecule has 0 atom stereocenters. The zero-order chi connectivity index (χ0) is 16.9. The molecule has 0 bridgehead atoms. The fourth-order valence-corrected chi connectivity index (χ4v) is 3.28. The van der Waals surface area contributed by atoms with E-state index in [1.165, 1.54) is 11.3 Å². The van der Waals surface area contributed by atoms with Crippen LogP contribution in [0.25, 0.3) is 10.2 Å². The van der Waals surface area contributed by atoms with Gasteiger partial charge in [-0.1, -0.05) is 36.8 Å². The van der Waals surface area contributed by atoms with Gasteiger partial charge in [0.25, 0.3) is 5.91 Å². The molecule has 124 valence electrons. The third-order valence-electron chi connectivity index (χ3n) is 3.72. The molecule has 4 nitrogen and oxygen atoms in total. The van der Waals surface area contributed by atoms with Gasteiger partial charge in [-0.05, 0) is 49.2 Å². The maximum atomic E-state index is 12.4. The predicted octanol–water partition coefficient (Wildman–Crippen LogP) is 5.04. The second-order valence-electron chi connectivity index (χ2n) is 5.62. The Balaban J connectivity index is 1.68. The Morgan fingerprint density at radius 1 is 1.21 bits per heavy atom. The molecule has 0 spiro atoms. The number of nitrogens with zero attached hydrogens (tertiary/aromatic N) is 1. The number of carbonyl (C=O) groups is 1. The summed E-state index contributed by atoms with van der Waals surface area (Å²) in [6.45, 7) is 4.85. The molecule has 2 aromatic carbocycles. The number of carbonyl (C=O) groups excluding carboxylic acids is 1. The number of unbranched alkanes of at least 4 members (excludes halogenated alkanes) is 1. The first-order chi connectivity index (χ1) is 11.7. The standard InChI is InChI=1S/C19H20N2O2S/c1-3-4-12-23-15-10-8-14(9-11-15)18(22)21-19-20-17-13(2)6-5-7-16(17)24-19/h5-11H,3-4,12H2,1-2H3,(H,20,21,22). The maximum absolute atomic E-state index is 12.4. The number of anilines is 1. The number of ether oxygens (including phenoxy) is 1. The van der Waals surface area contributed by atoms with Crippen molar-refractivity contribution in [1.82, 2.24) is 4.98 Å². The summed E-state index contributed by atoms with van der Waals surface area (Å²) in [5, 5.41) is 3.49. The van der Waals surface area contributed by atoms with Crippen molar-refractivity contribution in [3.05, 3.63) is 53.6 Å². The smallest absolute Gasteiger partial charge is 0.257 e. The van der Waals surface area contributed by atoms with E-state index in [2.05, 4.69) is 17.2 Å². The number of para-hydroxylation sites is 1. The number of hydrogen-bond acceptors (Lipinski definition) is 4. The molecule has 1 amide bonds. The Morgan fingerprint density at radius 2 is 2.00 bits per heavy atom. The van der Waals surface area contributed by atoms with Gasteiger partial charge in [-0.15, -0.1) is 0 Å². The van der Waals surface area contributed by atoms with E-state index in [4.69, 9.17) is 4.74 Å². The largest absolute Gasteiger partial charge is 0.494 e. The van der Waals surface area contributed by atoms with Crippen molar-refractivity contribution in [3.8, 4) is 5.75 Å². The summed E-state index contributed by atoms with van der Waals surface area (Å²) in [5.74, 6) is 0.627. The summed E-state index contributed by atoms with van der Waals surface area (Å²) >= 11 is 1.48. The second-order valence-corrected chi connectivity index (χ2v) is 6.65. The van der Waals surface area contributed by atoms with E-state index in [-0.39, 0.29) is 5.91 Å². The van der Waals surface area contributed by atoms with Gasteiger partial charge in [0.1, 0.15) is 5.75 Å². The van der Waals surface area contributed by atoms with Gasteiger partial charge in [0.15, 0.2) is 5.13 Å². The Labute approximate surface area is 145 Å². The minimum absolute atomic E-state index is 0.160. The summed E-state index contributed by atoms with van der Waals surface area (Å²) in [7, 11) is 0. The quantitative estimate of drug-likeness (QED) is 0.640. The highest BCUT2D eigenvalue weighted by Gasteiger charge is 2.11. The molecule has 3 aromatic rings. The Bertz CT molecular complexity index is 840. The first-order valence-electron chi connectivity index (χ1n) is 8.07. The third kappa shape index (κ3) is 3.74. The lowest BCUT2D eigenvalue weighted by atomic mass is 10.2. The van der Waals surface area contributed by atoms with Crippen molar-refractivity contribution in [2.75, 3.05) is 11.9 Å². The van der Waals surface area contributed by atoms with Crippen LogP contribution >= 0.6 is 11.3 Å². The van der Waals surface area contributed by atoms with E-state index in [9.17, 15) is 4.79 Å². The van der Waals surface area contributed by atoms with Crippen LogP contribution in [-0.2, 0) is 0 Å². The molecule has 0 radical (unpaired) electrons. The number of aromatic nitrogens is 1. The highest BCUT2D eigenvalue weighted by Crippen LogP contribution is 2.28. The lowest BCUT2D eigenvalue weighted by Crippen LogP contribution is -2.11. The van der Waals surface area contributed by atoms with Gasteiger partial charge >= 0.3 is 0 Å². The van der Waals surface area contributed by atoms with Gasteiger partial charge in [-0.25, -0.2) is 4.98 Å². The molecule has 0 saturated carbocycles. The predicted molar refractivity (Wildman–Crippen MR) is 99.2 cm³/mol. The van der Waals surface area contributed by atoms with Crippen LogP contribution in [0.3, 0.4) is 0 Å². The zero-order valence-electron chi connectivity index (χ0n) is 13.8. The molecule has 1 aromatic heterocycles. The van der Waals surface area contributed by atoms with Gasteiger partial charge in [0, 0.05) is 5.56 Å². The van der Waals surface area contributed by atoms with E-state index < -0.39 is 0 Å². The number of aryl methyl sites for hydroxylation is 1. The molecular weight excluding hydrogens is 320 g/mol. The highest BCUT2D eigenvalue weighted by atomic mass is 32.1. The molecule has 0 unspecified atom stereocenters. The van der Waals surface area contributed by atoms with E-state index in [0.717, 1.165) is 34.4 Å². The van der Waals surface area contributed by atoms with Crippen molar-refractivity contribution in [2.45, 2.75) is 26.7 Å².